The number of halogens is 1. The molecular weight excluding hydrogens is 299 g/mol. The maximum absolute atomic E-state index is 13.3. The monoisotopic (exact) mass is 320 g/mol. The van der Waals surface area contributed by atoms with Gasteiger partial charge in [-0.2, -0.15) is 0 Å². The minimum atomic E-state index is -0.527. The van der Waals surface area contributed by atoms with Crippen molar-refractivity contribution in [2.24, 2.45) is 17.8 Å². The van der Waals surface area contributed by atoms with E-state index in [1.54, 1.807) is 6.07 Å². The van der Waals surface area contributed by atoms with Crippen LogP contribution >= 0.6 is 0 Å². The molecule has 6 heteroatoms. The first kappa shape index (κ1) is 15.8. The molecule has 3 atom stereocenters. The summed E-state index contributed by atoms with van der Waals surface area (Å²) in [6.07, 6.45) is 5.36. The molecule has 2 aliphatic rings. The van der Waals surface area contributed by atoms with Crippen LogP contribution in [-0.4, -0.2) is 18.4 Å². The molecule has 0 spiro atoms. The van der Waals surface area contributed by atoms with E-state index in [0.717, 1.165) is 12.3 Å². The molecular formula is C17H21FN2O3. The third-order valence-electron chi connectivity index (χ3n) is 4.87. The van der Waals surface area contributed by atoms with Gasteiger partial charge in [0, 0.05) is 6.42 Å². The lowest BCUT2D eigenvalue weighted by Gasteiger charge is -2.20. The van der Waals surface area contributed by atoms with Crippen LogP contribution in [-0.2, 0) is 9.59 Å². The number of hydrazine groups is 1. The lowest BCUT2D eigenvalue weighted by atomic mass is 9.86. The second-order valence-corrected chi connectivity index (χ2v) is 6.45. The maximum Gasteiger partial charge on any atom is 0.276 e. The Bertz CT molecular complexity index is 593. The van der Waals surface area contributed by atoms with Crippen molar-refractivity contribution in [3.05, 3.63) is 30.1 Å². The summed E-state index contributed by atoms with van der Waals surface area (Å²) in [6.45, 7) is -0.352. The van der Waals surface area contributed by atoms with E-state index >= 15 is 0 Å². The molecule has 0 heterocycles. The van der Waals surface area contributed by atoms with E-state index in [2.05, 4.69) is 10.9 Å². The van der Waals surface area contributed by atoms with E-state index in [-0.39, 0.29) is 18.3 Å². The zero-order chi connectivity index (χ0) is 16.2. The third-order valence-corrected chi connectivity index (χ3v) is 4.87. The van der Waals surface area contributed by atoms with Crippen LogP contribution in [0.15, 0.2) is 24.3 Å². The molecule has 23 heavy (non-hydrogen) atoms. The summed E-state index contributed by atoms with van der Waals surface area (Å²) in [7, 11) is 0. The fourth-order valence-corrected chi connectivity index (χ4v) is 3.80. The highest BCUT2D eigenvalue weighted by molar-refractivity contribution is 5.82. The van der Waals surface area contributed by atoms with Crippen LogP contribution in [0.5, 0.6) is 5.75 Å². The fourth-order valence-electron chi connectivity index (χ4n) is 3.80. The molecule has 0 aromatic heterocycles. The van der Waals surface area contributed by atoms with Crippen molar-refractivity contribution < 1.29 is 18.7 Å². The minimum Gasteiger partial charge on any atom is -0.481 e. The number of hydrogen-bond acceptors (Lipinski definition) is 3. The molecule has 2 fully saturated rings. The summed E-state index contributed by atoms with van der Waals surface area (Å²) in [5.74, 6) is 0.695. The Labute approximate surface area is 134 Å². The molecule has 124 valence electrons. The highest BCUT2D eigenvalue weighted by Crippen LogP contribution is 2.49. The van der Waals surface area contributed by atoms with Gasteiger partial charge in [0.15, 0.2) is 18.2 Å². The minimum absolute atomic E-state index is 0.0101. The van der Waals surface area contributed by atoms with Crippen LogP contribution < -0.4 is 15.6 Å². The molecule has 0 saturated heterocycles. The Balaban J connectivity index is 1.35. The quantitative estimate of drug-likeness (QED) is 0.817. The predicted octanol–water partition coefficient (Wildman–Crippen LogP) is 2.18. The van der Waals surface area contributed by atoms with Crippen LogP contribution in [0, 0.1) is 23.6 Å². The molecule has 0 unspecified atom stereocenters. The lowest BCUT2D eigenvalue weighted by molar-refractivity contribution is -0.130. The summed E-state index contributed by atoms with van der Waals surface area (Å²) in [5.41, 5.74) is 4.71. The van der Waals surface area contributed by atoms with Crippen LogP contribution in [0.25, 0.3) is 0 Å². The molecule has 5 nitrogen and oxygen atoms in total. The van der Waals surface area contributed by atoms with Crippen molar-refractivity contribution in [3.63, 3.8) is 0 Å². The molecule has 2 saturated carbocycles. The van der Waals surface area contributed by atoms with Crippen molar-refractivity contribution >= 4 is 11.8 Å². The lowest BCUT2D eigenvalue weighted by Crippen LogP contribution is -2.44. The summed E-state index contributed by atoms with van der Waals surface area (Å²) in [5, 5.41) is 0. The summed E-state index contributed by atoms with van der Waals surface area (Å²) in [6, 6.07) is 5.85. The summed E-state index contributed by atoms with van der Waals surface area (Å²) in [4.78, 5) is 23.5. The fraction of sp³-hybridized carbons (Fsp3) is 0.529. The number of benzene rings is 1. The standard InChI is InChI=1S/C17H21FN2O3/c18-14-3-1-2-4-15(14)23-10-17(22)20-19-16(21)9-13-8-11-5-6-12(13)7-11/h1-4,11-13H,5-10H2,(H,19,21)(H,20,22)/t11-,12+,13+/m0/s1. The van der Waals surface area contributed by atoms with Gasteiger partial charge in [-0.05, 0) is 49.1 Å². The Morgan fingerprint density at radius 3 is 2.61 bits per heavy atom. The highest BCUT2D eigenvalue weighted by atomic mass is 19.1. The van der Waals surface area contributed by atoms with E-state index < -0.39 is 11.7 Å². The van der Waals surface area contributed by atoms with Crippen molar-refractivity contribution in [1.29, 1.82) is 0 Å². The Morgan fingerprint density at radius 1 is 1.13 bits per heavy atom. The molecule has 1 aromatic rings. The average Bonchev–Trinajstić information content (AvgIpc) is 3.15. The van der Waals surface area contributed by atoms with Gasteiger partial charge in [-0.15, -0.1) is 0 Å². The maximum atomic E-state index is 13.3. The predicted molar refractivity (Wildman–Crippen MR) is 81.7 cm³/mol. The van der Waals surface area contributed by atoms with Gasteiger partial charge in [0.05, 0.1) is 0 Å². The summed E-state index contributed by atoms with van der Waals surface area (Å²) >= 11 is 0. The van der Waals surface area contributed by atoms with Crippen molar-refractivity contribution in [1.82, 2.24) is 10.9 Å². The van der Waals surface area contributed by atoms with E-state index in [9.17, 15) is 14.0 Å². The number of amides is 2. The normalized spacial score (nSPS) is 25.2. The van der Waals surface area contributed by atoms with Gasteiger partial charge in [0.25, 0.3) is 5.91 Å². The molecule has 2 N–H and O–H groups in total. The SMILES string of the molecule is O=C(COc1ccccc1F)NNC(=O)C[C@H]1C[C@H]2CC[C@@H]1C2. The molecule has 2 amide bonds. The topological polar surface area (TPSA) is 67.4 Å². The number of fused-ring (bicyclic) bond motifs is 2. The van der Waals surface area contributed by atoms with Crippen LogP contribution in [0.2, 0.25) is 0 Å². The van der Waals surface area contributed by atoms with Gasteiger partial charge in [0.2, 0.25) is 5.91 Å². The van der Waals surface area contributed by atoms with Gasteiger partial charge < -0.3 is 4.74 Å². The smallest absolute Gasteiger partial charge is 0.276 e. The average molecular weight is 320 g/mol. The van der Waals surface area contributed by atoms with Gasteiger partial charge in [-0.1, -0.05) is 18.6 Å². The van der Waals surface area contributed by atoms with E-state index in [1.807, 2.05) is 0 Å². The first-order valence-electron chi connectivity index (χ1n) is 8.07. The first-order valence-corrected chi connectivity index (χ1v) is 8.07. The number of ether oxygens (including phenoxy) is 1. The molecule has 0 aliphatic heterocycles. The molecule has 2 aliphatic carbocycles. The first-order chi connectivity index (χ1) is 11.1. The van der Waals surface area contributed by atoms with Crippen LogP contribution in [0.1, 0.15) is 32.1 Å². The number of para-hydroxylation sites is 1. The zero-order valence-electron chi connectivity index (χ0n) is 12.9. The number of nitrogens with one attached hydrogen (secondary N) is 2. The molecule has 1 aromatic carbocycles. The number of carbonyl (C=O) groups is 2. The summed E-state index contributed by atoms with van der Waals surface area (Å²) < 4.78 is 18.4. The number of hydrogen-bond donors (Lipinski definition) is 2. The second-order valence-electron chi connectivity index (χ2n) is 6.45. The zero-order valence-corrected chi connectivity index (χ0v) is 12.9. The van der Waals surface area contributed by atoms with Crippen molar-refractivity contribution in [2.45, 2.75) is 32.1 Å². The third kappa shape index (κ3) is 4.00. The number of carbonyl (C=O) groups excluding carboxylic acids is 2. The van der Waals surface area contributed by atoms with E-state index in [0.29, 0.717) is 18.3 Å². The van der Waals surface area contributed by atoms with Crippen molar-refractivity contribution in [2.75, 3.05) is 6.61 Å². The number of rotatable bonds is 5. The molecule has 2 bridgehead atoms. The van der Waals surface area contributed by atoms with Gasteiger partial charge >= 0.3 is 0 Å². The second kappa shape index (κ2) is 6.98. The van der Waals surface area contributed by atoms with Gasteiger partial charge in [-0.25, -0.2) is 4.39 Å². The van der Waals surface area contributed by atoms with E-state index in [1.165, 1.54) is 37.5 Å². The van der Waals surface area contributed by atoms with Gasteiger partial charge in [0.1, 0.15) is 0 Å². The Hall–Kier alpha value is -2.11. The van der Waals surface area contributed by atoms with Crippen LogP contribution in [0.3, 0.4) is 0 Å². The van der Waals surface area contributed by atoms with E-state index in [4.69, 9.17) is 4.74 Å². The van der Waals surface area contributed by atoms with Crippen molar-refractivity contribution in [3.8, 4) is 5.75 Å². The van der Waals surface area contributed by atoms with Crippen LogP contribution in [0.4, 0.5) is 4.39 Å². The molecule has 3 rings (SSSR count). The Kier molecular flexibility index (Phi) is 4.79. The molecule has 0 radical (unpaired) electrons. The van der Waals surface area contributed by atoms with Gasteiger partial charge in [-0.3, -0.25) is 20.4 Å². The Morgan fingerprint density at radius 2 is 1.91 bits per heavy atom. The largest absolute Gasteiger partial charge is 0.481 e. The highest BCUT2D eigenvalue weighted by Gasteiger charge is 2.40.